The third-order valence-corrected chi connectivity index (χ3v) is 4.68. The molecule has 1 spiro atoms. The Bertz CT molecular complexity index is 855. The summed E-state index contributed by atoms with van der Waals surface area (Å²) in [6.07, 6.45) is 0.555. The van der Waals surface area contributed by atoms with E-state index in [0.717, 1.165) is 0 Å². The number of H-pyrrole nitrogens is 1. The van der Waals surface area contributed by atoms with Crippen molar-refractivity contribution in [3.05, 3.63) is 23.2 Å². The molecule has 2 aliphatic rings. The first-order valence-corrected chi connectivity index (χ1v) is 7.43. The molecule has 0 radical (unpaired) electrons. The summed E-state index contributed by atoms with van der Waals surface area (Å²) >= 11 is 6.05. The first kappa shape index (κ1) is 14.0. The lowest BCUT2D eigenvalue weighted by atomic mass is 9.68. The van der Waals surface area contributed by atoms with Crippen molar-refractivity contribution in [1.82, 2.24) is 20.8 Å². The number of halogens is 1. The second-order valence-corrected chi connectivity index (χ2v) is 6.23. The number of para-hydroxylation sites is 1. The van der Waals surface area contributed by atoms with Gasteiger partial charge in [-0.15, -0.1) is 0 Å². The highest BCUT2D eigenvalue weighted by atomic mass is 35.5. The zero-order chi connectivity index (χ0) is 16.2. The summed E-state index contributed by atoms with van der Waals surface area (Å²) in [7, 11) is 0. The van der Waals surface area contributed by atoms with Crippen LogP contribution in [0.25, 0.3) is 10.9 Å². The SMILES string of the molecule is O=C1NC(=O)C2(CC(C(=O)Nc3n[nH]c4c(Cl)cccc34)C2)N1. The number of nitrogens with zero attached hydrogens (tertiary/aromatic N) is 1. The van der Waals surface area contributed by atoms with Crippen LogP contribution in [0.2, 0.25) is 5.02 Å². The Labute approximate surface area is 134 Å². The minimum atomic E-state index is -0.934. The number of carbonyl (C=O) groups is 3. The van der Waals surface area contributed by atoms with Crippen LogP contribution in [-0.4, -0.2) is 33.6 Å². The highest BCUT2D eigenvalue weighted by molar-refractivity contribution is 6.35. The van der Waals surface area contributed by atoms with Gasteiger partial charge in [-0.1, -0.05) is 17.7 Å². The van der Waals surface area contributed by atoms with Crippen molar-refractivity contribution >= 4 is 46.2 Å². The number of aromatic nitrogens is 2. The summed E-state index contributed by atoms with van der Waals surface area (Å²) in [6.45, 7) is 0. The number of imide groups is 1. The molecule has 2 heterocycles. The molecular formula is C14H12ClN5O3. The second-order valence-electron chi connectivity index (χ2n) is 5.82. The number of nitrogens with one attached hydrogen (secondary N) is 4. The van der Waals surface area contributed by atoms with E-state index in [0.29, 0.717) is 21.7 Å². The number of hydrogen-bond acceptors (Lipinski definition) is 4. The van der Waals surface area contributed by atoms with Crippen molar-refractivity contribution in [3.8, 4) is 0 Å². The number of aromatic amines is 1. The zero-order valence-electron chi connectivity index (χ0n) is 11.8. The first-order chi connectivity index (χ1) is 11.0. The van der Waals surface area contributed by atoms with E-state index in [2.05, 4.69) is 26.1 Å². The van der Waals surface area contributed by atoms with Gasteiger partial charge in [-0.25, -0.2) is 4.79 Å². The summed E-state index contributed by atoms with van der Waals surface area (Å²) in [5, 5.41) is 15.6. The average molecular weight is 334 g/mol. The largest absolute Gasteiger partial charge is 0.323 e. The van der Waals surface area contributed by atoms with E-state index in [1.54, 1.807) is 18.2 Å². The van der Waals surface area contributed by atoms with Crippen LogP contribution in [0.3, 0.4) is 0 Å². The van der Waals surface area contributed by atoms with Crippen LogP contribution in [-0.2, 0) is 9.59 Å². The number of benzene rings is 1. The highest BCUT2D eigenvalue weighted by Crippen LogP contribution is 2.40. The number of anilines is 1. The summed E-state index contributed by atoms with van der Waals surface area (Å²) in [4.78, 5) is 35.2. The van der Waals surface area contributed by atoms with E-state index in [4.69, 9.17) is 11.6 Å². The van der Waals surface area contributed by atoms with Crippen LogP contribution in [0.15, 0.2) is 18.2 Å². The monoisotopic (exact) mass is 333 g/mol. The van der Waals surface area contributed by atoms with Crippen LogP contribution in [0.1, 0.15) is 12.8 Å². The molecule has 9 heteroatoms. The Balaban J connectivity index is 1.48. The molecule has 1 aromatic carbocycles. The van der Waals surface area contributed by atoms with Crippen molar-refractivity contribution in [2.45, 2.75) is 18.4 Å². The molecule has 4 amide bonds. The third-order valence-electron chi connectivity index (χ3n) is 4.36. The van der Waals surface area contributed by atoms with E-state index in [-0.39, 0.29) is 30.6 Å². The summed E-state index contributed by atoms with van der Waals surface area (Å²) in [5.41, 5.74) is -0.285. The molecule has 23 heavy (non-hydrogen) atoms. The molecular weight excluding hydrogens is 322 g/mol. The van der Waals surface area contributed by atoms with Gasteiger partial charge in [-0.05, 0) is 25.0 Å². The number of carbonyl (C=O) groups excluding carboxylic acids is 3. The van der Waals surface area contributed by atoms with Crippen LogP contribution in [0.4, 0.5) is 10.6 Å². The third kappa shape index (κ3) is 2.06. The number of hydrogen-bond donors (Lipinski definition) is 4. The molecule has 4 rings (SSSR count). The van der Waals surface area contributed by atoms with Crippen LogP contribution >= 0.6 is 11.6 Å². The lowest BCUT2D eigenvalue weighted by Crippen LogP contribution is -2.59. The quantitative estimate of drug-likeness (QED) is 0.617. The lowest BCUT2D eigenvalue weighted by Gasteiger charge is -2.41. The van der Waals surface area contributed by atoms with Gasteiger partial charge in [-0.2, -0.15) is 5.10 Å². The van der Waals surface area contributed by atoms with E-state index in [1.165, 1.54) is 0 Å². The fraction of sp³-hybridized carbons (Fsp3) is 0.286. The molecule has 1 aliphatic heterocycles. The molecule has 1 aliphatic carbocycles. The number of fused-ring (bicyclic) bond motifs is 1. The molecule has 1 saturated carbocycles. The van der Waals surface area contributed by atoms with Gasteiger partial charge in [0, 0.05) is 11.3 Å². The van der Waals surface area contributed by atoms with E-state index in [9.17, 15) is 14.4 Å². The fourth-order valence-electron chi connectivity index (χ4n) is 3.10. The van der Waals surface area contributed by atoms with Crippen molar-refractivity contribution in [3.63, 3.8) is 0 Å². The van der Waals surface area contributed by atoms with Gasteiger partial charge in [0.1, 0.15) is 5.54 Å². The number of rotatable bonds is 2. The van der Waals surface area contributed by atoms with Gasteiger partial charge in [0.25, 0.3) is 5.91 Å². The Kier molecular flexibility index (Phi) is 2.86. The Hall–Kier alpha value is -2.61. The summed E-state index contributed by atoms with van der Waals surface area (Å²) in [5.74, 6) is -0.569. The topological polar surface area (TPSA) is 116 Å². The Morgan fingerprint density at radius 2 is 2.13 bits per heavy atom. The second kappa shape index (κ2) is 4.69. The predicted molar refractivity (Wildman–Crippen MR) is 81.9 cm³/mol. The fourth-order valence-corrected chi connectivity index (χ4v) is 3.32. The lowest BCUT2D eigenvalue weighted by molar-refractivity contribution is -0.133. The zero-order valence-corrected chi connectivity index (χ0v) is 12.5. The molecule has 0 bridgehead atoms. The van der Waals surface area contributed by atoms with E-state index < -0.39 is 11.6 Å². The van der Waals surface area contributed by atoms with Crippen LogP contribution in [0.5, 0.6) is 0 Å². The molecule has 2 fully saturated rings. The van der Waals surface area contributed by atoms with Crippen molar-refractivity contribution in [2.75, 3.05) is 5.32 Å². The molecule has 118 valence electrons. The summed E-state index contributed by atoms with van der Waals surface area (Å²) < 4.78 is 0. The highest BCUT2D eigenvalue weighted by Gasteiger charge is 2.57. The maximum absolute atomic E-state index is 12.3. The van der Waals surface area contributed by atoms with E-state index in [1.807, 2.05) is 0 Å². The van der Waals surface area contributed by atoms with Gasteiger partial charge in [0.15, 0.2) is 5.82 Å². The predicted octanol–water partition coefficient (Wildman–Crippen LogP) is 1.14. The summed E-state index contributed by atoms with van der Waals surface area (Å²) in [6, 6.07) is 4.78. The molecule has 4 N–H and O–H groups in total. The molecule has 2 aromatic rings. The first-order valence-electron chi connectivity index (χ1n) is 7.05. The van der Waals surface area contributed by atoms with Crippen molar-refractivity contribution < 1.29 is 14.4 Å². The standard InChI is InChI=1S/C14H12ClN5O3/c15-8-3-1-2-7-9(8)19-20-10(7)16-11(21)6-4-14(5-6)12(22)17-13(23)18-14/h1-3,6H,4-5H2,(H2,16,19,20,21)(H2,17,18,22,23). The average Bonchev–Trinajstić information content (AvgIpc) is 2.99. The maximum Gasteiger partial charge on any atom is 0.322 e. The van der Waals surface area contributed by atoms with Crippen molar-refractivity contribution in [2.24, 2.45) is 5.92 Å². The van der Waals surface area contributed by atoms with Crippen molar-refractivity contribution in [1.29, 1.82) is 0 Å². The van der Waals surface area contributed by atoms with E-state index >= 15 is 0 Å². The van der Waals surface area contributed by atoms with Crippen LogP contribution in [0, 0.1) is 5.92 Å². The van der Waals surface area contributed by atoms with Gasteiger partial charge >= 0.3 is 6.03 Å². The van der Waals surface area contributed by atoms with Gasteiger partial charge in [0.2, 0.25) is 5.91 Å². The Morgan fingerprint density at radius 1 is 1.35 bits per heavy atom. The minimum absolute atomic E-state index is 0.238. The molecule has 0 atom stereocenters. The molecule has 1 saturated heterocycles. The van der Waals surface area contributed by atoms with Gasteiger partial charge in [0.05, 0.1) is 10.5 Å². The molecule has 8 nitrogen and oxygen atoms in total. The normalized spacial score (nSPS) is 26.0. The maximum atomic E-state index is 12.3. The minimum Gasteiger partial charge on any atom is -0.323 e. The van der Waals surface area contributed by atoms with Crippen LogP contribution < -0.4 is 16.0 Å². The smallest absolute Gasteiger partial charge is 0.322 e. The Morgan fingerprint density at radius 3 is 2.83 bits per heavy atom. The molecule has 0 unspecified atom stereocenters. The molecule has 1 aromatic heterocycles. The van der Waals surface area contributed by atoms with Gasteiger partial charge in [-0.3, -0.25) is 20.0 Å². The number of amides is 4. The van der Waals surface area contributed by atoms with Gasteiger partial charge < -0.3 is 10.6 Å². The number of urea groups is 1.